The van der Waals surface area contributed by atoms with Gasteiger partial charge in [0.1, 0.15) is 17.0 Å². The van der Waals surface area contributed by atoms with Gasteiger partial charge in [0.15, 0.2) is 5.69 Å². The number of nitrogens with one attached hydrogen (secondary N) is 2. The van der Waals surface area contributed by atoms with Crippen LogP contribution in [-0.4, -0.2) is 46.7 Å². The second kappa shape index (κ2) is 8.76. The molecule has 0 spiro atoms. The zero-order chi connectivity index (χ0) is 23.7. The summed E-state index contributed by atoms with van der Waals surface area (Å²) in [7, 11) is 1.62. The molecule has 0 saturated heterocycles. The lowest BCUT2D eigenvalue weighted by Gasteiger charge is -2.20. The molecule has 3 rings (SSSR count). The summed E-state index contributed by atoms with van der Waals surface area (Å²) in [4.78, 5) is 25.0. The fourth-order valence-electron chi connectivity index (χ4n) is 3.48. The number of rotatable bonds is 6. The van der Waals surface area contributed by atoms with E-state index in [9.17, 15) is 9.59 Å². The summed E-state index contributed by atoms with van der Waals surface area (Å²) in [5.74, 6) is 0.345. The van der Waals surface area contributed by atoms with Gasteiger partial charge in [0, 0.05) is 24.0 Å². The molecule has 0 atom stereocenters. The minimum absolute atomic E-state index is 0.397. The lowest BCUT2D eigenvalue weighted by molar-refractivity contribution is 0.00564. The molecule has 0 radical (unpaired) electrons. The smallest absolute Gasteiger partial charge is 0.407 e. The van der Waals surface area contributed by atoms with E-state index in [1.165, 1.54) is 0 Å². The van der Waals surface area contributed by atoms with Crippen molar-refractivity contribution in [1.82, 2.24) is 15.1 Å². The van der Waals surface area contributed by atoms with Crippen molar-refractivity contribution in [2.75, 3.05) is 13.7 Å². The van der Waals surface area contributed by atoms with Gasteiger partial charge in [-0.2, -0.15) is 0 Å². The molecule has 1 aliphatic carbocycles. The molecule has 8 heteroatoms. The standard InChI is InChI=1S/C24H33N3O5/c1-23(2,3)31-21(28)20-18-13-15-9-10-16(30-7)14-17(15)19(18)26-27(20)12-8-11-25-22(29)32-24(4,5)6/h9-10,13-14,26H,8,11-12H2,1-7H3,(H,25,29). The number of aromatic nitrogens is 2. The van der Waals surface area contributed by atoms with E-state index in [1.54, 1.807) is 11.8 Å². The summed E-state index contributed by atoms with van der Waals surface area (Å²) in [5, 5.41) is 8.07. The van der Waals surface area contributed by atoms with Crippen molar-refractivity contribution in [3.8, 4) is 17.0 Å². The minimum Gasteiger partial charge on any atom is -0.497 e. The van der Waals surface area contributed by atoms with Gasteiger partial charge >= 0.3 is 12.1 Å². The van der Waals surface area contributed by atoms with E-state index < -0.39 is 23.3 Å². The Morgan fingerprint density at radius 2 is 1.72 bits per heavy atom. The van der Waals surface area contributed by atoms with Gasteiger partial charge in [-0.15, -0.1) is 0 Å². The average Bonchev–Trinajstić information content (AvgIpc) is 3.17. The van der Waals surface area contributed by atoms with Crippen LogP contribution in [0.3, 0.4) is 0 Å². The minimum atomic E-state index is -0.619. The van der Waals surface area contributed by atoms with E-state index in [1.807, 2.05) is 65.8 Å². The first-order valence-electron chi connectivity index (χ1n) is 10.8. The number of hydrogen-bond donors (Lipinski definition) is 2. The molecule has 174 valence electrons. The molecule has 1 aromatic carbocycles. The molecule has 0 saturated carbocycles. The largest absolute Gasteiger partial charge is 0.497 e. The van der Waals surface area contributed by atoms with Crippen molar-refractivity contribution >= 4 is 22.8 Å². The Hall–Kier alpha value is -3.16. The first-order valence-corrected chi connectivity index (χ1v) is 10.8. The van der Waals surface area contributed by atoms with E-state index >= 15 is 0 Å². The topological polar surface area (TPSA) is 94.6 Å². The highest BCUT2D eigenvalue weighted by atomic mass is 16.6. The van der Waals surface area contributed by atoms with E-state index in [0.29, 0.717) is 25.2 Å². The van der Waals surface area contributed by atoms with Gasteiger partial charge < -0.3 is 19.5 Å². The van der Waals surface area contributed by atoms with E-state index in [-0.39, 0.29) is 0 Å². The number of fused-ring (bicyclic) bond motifs is 3. The van der Waals surface area contributed by atoms with Crippen LogP contribution in [0.2, 0.25) is 0 Å². The van der Waals surface area contributed by atoms with Crippen molar-refractivity contribution in [3.05, 3.63) is 30.0 Å². The number of aryl methyl sites for hydroxylation is 1. The number of ether oxygens (including phenoxy) is 3. The van der Waals surface area contributed by atoms with E-state index in [4.69, 9.17) is 14.2 Å². The van der Waals surface area contributed by atoms with Crippen LogP contribution >= 0.6 is 0 Å². The first-order chi connectivity index (χ1) is 14.9. The molecule has 8 nitrogen and oxygen atoms in total. The van der Waals surface area contributed by atoms with Gasteiger partial charge in [-0.05, 0) is 71.5 Å². The predicted molar refractivity (Wildman–Crippen MR) is 123 cm³/mol. The zero-order valence-corrected chi connectivity index (χ0v) is 19.9. The van der Waals surface area contributed by atoms with Crippen LogP contribution in [0.25, 0.3) is 22.0 Å². The Bertz CT molecular complexity index is 1080. The van der Waals surface area contributed by atoms with Crippen molar-refractivity contribution in [3.63, 3.8) is 0 Å². The summed E-state index contributed by atoms with van der Waals surface area (Å²) in [6.45, 7) is 11.9. The van der Waals surface area contributed by atoms with Gasteiger partial charge in [0.25, 0.3) is 0 Å². The molecule has 0 aromatic heterocycles. The van der Waals surface area contributed by atoms with Crippen molar-refractivity contribution in [2.24, 2.45) is 0 Å². The van der Waals surface area contributed by atoms with Gasteiger partial charge in [-0.1, -0.05) is 6.07 Å². The quantitative estimate of drug-likeness (QED) is 0.415. The monoisotopic (exact) mass is 443 g/mol. The summed E-state index contributed by atoms with van der Waals surface area (Å²) < 4.78 is 18.1. The fraction of sp³-hybridized carbons (Fsp3) is 0.500. The van der Waals surface area contributed by atoms with Crippen LogP contribution in [-0.2, 0) is 16.0 Å². The molecule has 0 unspecified atom stereocenters. The number of methoxy groups -OCH3 is 1. The summed E-state index contributed by atoms with van der Waals surface area (Å²) in [6.07, 6.45) is 0.141. The highest BCUT2D eigenvalue weighted by Crippen LogP contribution is 2.38. The number of esters is 1. The maximum absolute atomic E-state index is 13.1. The number of hydrogen-bond acceptors (Lipinski definition) is 5. The Kier molecular flexibility index (Phi) is 6.44. The Balaban J connectivity index is 1.86. The number of nitrogens with zero attached hydrogens (tertiary/aromatic N) is 1. The lowest BCUT2D eigenvalue weighted by Crippen LogP contribution is -2.33. The highest BCUT2D eigenvalue weighted by molar-refractivity contribution is 6.07. The Morgan fingerprint density at radius 3 is 2.34 bits per heavy atom. The number of carbonyl (C=O) groups is 2. The first kappa shape index (κ1) is 23.5. The second-order valence-electron chi connectivity index (χ2n) is 9.78. The number of H-pyrrole nitrogens is 1. The highest BCUT2D eigenvalue weighted by Gasteiger charge is 2.29. The molecule has 2 aliphatic rings. The van der Waals surface area contributed by atoms with Gasteiger partial charge in [0.2, 0.25) is 0 Å². The molecule has 2 N–H and O–H groups in total. The Labute approximate surface area is 188 Å². The number of amides is 1. The number of aromatic amines is 1. The van der Waals surface area contributed by atoms with Gasteiger partial charge in [-0.3, -0.25) is 9.78 Å². The summed E-state index contributed by atoms with van der Waals surface area (Å²) >= 11 is 0. The normalized spacial score (nSPS) is 12.2. The summed E-state index contributed by atoms with van der Waals surface area (Å²) in [6, 6.07) is 7.79. The number of alkyl carbamates (subject to hydrolysis) is 1. The molecule has 1 aromatic rings. The van der Waals surface area contributed by atoms with Crippen LogP contribution < -0.4 is 10.1 Å². The zero-order valence-electron chi connectivity index (χ0n) is 19.9. The third-order valence-electron chi connectivity index (χ3n) is 4.69. The molecule has 0 bridgehead atoms. The molecule has 0 fully saturated rings. The van der Waals surface area contributed by atoms with Crippen LogP contribution in [0, 0.1) is 0 Å². The van der Waals surface area contributed by atoms with E-state index in [0.717, 1.165) is 27.8 Å². The average molecular weight is 444 g/mol. The van der Waals surface area contributed by atoms with Gasteiger partial charge in [-0.25, -0.2) is 9.59 Å². The molecular weight excluding hydrogens is 410 g/mol. The summed E-state index contributed by atoms with van der Waals surface area (Å²) in [5.41, 5.74) is 0.934. The molecule has 1 heterocycles. The van der Waals surface area contributed by atoms with Crippen LogP contribution in [0.5, 0.6) is 5.75 Å². The van der Waals surface area contributed by atoms with Crippen LogP contribution in [0.4, 0.5) is 4.79 Å². The number of carbonyl (C=O) groups excluding carboxylic acids is 2. The second-order valence-corrected chi connectivity index (χ2v) is 9.78. The molecule has 1 amide bonds. The maximum Gasteiger partial charge on any atom is 0.407 e. The molecule has 1 aliphatic heterocycles. The van der Waals surface area contributed by atoms with E-state index in [2.05, 4.69) is 10.4 Å². The molecule has 32 heavy (non-hydrogen) atoms. The van der Waals surface area contributed by atoms with Crippen LogP contribution in [0.1, 0.15) is 58.5 Å². The molecular formula is C24H33N3O5. The maximum atomic E-state index is 13.1. The fourth-order valence-corrected chi connectivity index (χ4v) is 3.48. The van der Waals surface area contributed by atoms with Crippen LogP contribution in [0.15, 0.2) is 24.3 Å². The van der Waals surface area contributed by atoms with Crippen molar-refractivity contribution < 1.29 is 23.8 Å². The lowest BCUT2D eigenvalue weighted by atomic mass is 10.1. The number of benzene rings is 1. The van der Waals surface area contributed by atoms with Crippen molar-refractivity contribution in [1.29, 1.82) is 0 Å². The Morgan fingerprint density at radius 1 is 1.03 bits per heavy atom. The predicted octanol–water partition coefficient (Wildman–Crippen LogP) is 4.95. The SMILES string of the molecule is COc1ccc2cc3c(C(=O)OC(C)(C)C)n(CCCNC(=O)OC(C)(C)C)[nH]c-3c2c1. The van der Waals surface area contributed by atoms with Gasteiger partial charge in [0.05, 0.1) is 12.8 Å². The third-order valence-corrected chi connectivity index (χ3v) is 4.69. The van der Waals surface area contributed by atoms with Crippen molar-refractivity contribution in [2.45, 2.75) is 65.7 Å². The third kappa shape index (κ3) is 5.55.